The second-order valence-corrected chi connectivity index (χ2v) is 3.96. The third-order valence-corrected chi connectivity index (χ3v) is 2.57. The Labute approximate surface area is 95.4 Å². The molecule has 3 heteroatoms. The number of imidazole rings is 1. The number of nitrogens with zero attached hydrogens (tertiary/aromatic N) is 2. The Morgan fingerprint density at radius 2 is 2.19 bits per heavy atom. The lowest BCUT2D eigenvalue weighted by Crippen LogP contribution is -1.98. The van der Waals surface area contributed by atoms with E-state index in [0.717, 1.165) is 29.9 Å². The van der Waals surface area contributed by atoms with Gasteiger partial charge in [0.25, 0.3) is 0 Å². The van der Waals surface area contributed by atoms with Gasteiger partial charge in [-0.15, -0.1) is 0 Å². The van der Waals surface area contributed by atoms with Gasteiger partial charge in [0.15, 0.2) is 0 Å². The summed E-state index contributed by atoms with van der Waals surface area (Å²) in [6, 6.07) is 5.57. The highest BCUT2D eigenvalue weighted by molar-refractivity contribution is 5.65. The van der Waals surface area contributed by atoms with Gasteiger partial charge in [-0.05, 0) is 25.5 Å². The van der Waals surface area contributed by atoms with Gasteiger partial charge in [-0.3, -0.25) is 0 Å². The minimum absolute atomic E-state index is 0.286. The molecule has 0 aliphatic carbocycles. The molecule has 0 bridgehead atoms. The molecule has 84 valence electrons. The zero-order chi connectivity index (χ0) is 11.5. The van der Waals surface area contributed by atoms with Gasteiger partial charge in [0, 0.05) is 18.9 Å². The highest BCUT2D eigenvalue weighted by atomic mass is 16.3. The van der Waals surface area contributed by atoms with Crippen molar-refractivity contribution in [3.05, 3.63) is 36.2 Å². The first-order chi connectivity index (χ1) is 7.72. The van der Waals surface area contributed by atoms with Crippen molar-refractivity contribution >= 4 is 0 Å². The minimum Gasteiger partial charge on any atom is -0.507 e. The number of benzene rings is 1. The van der Waals surface area contributed by atoms with Crippen LogP contribution in [0.4, 0.5) is 0 Å². The van der Waals surface area contributed by atoms with Gasteiger partial charge in [0.1, 0.15) is 11.6 Å². The molecular weight excluding hydrogens is 200 g/mol. The fourth-order valence-corrected chi connectivity index (χ4v) is 1.80. The van der Waals surface area contributed by atoms with Crippen LogP contribution in [0.15, 0.2) is 30.6 Å². The Morgan fingerprint density at radius 3 is 2.94 bits per heavy atom. The maximum absolute atomic E-state index is 9.85. The summed E-state index contributed by atoms with van der Waals surface area (Å²) >= 11 is 0. The molecule has 3 nitrogen and oxygen atoms in total. The van der Waals surface area contributed by atoms with Crippen molar-refractivity contribution < 1.29 is 5.11 Å². The van der Waals surface area contributed by atoms with Crippen LogP contribution in [-0.2, 0) is 6.54 Å². The molecule has 2 aromatic rings. The third kappa shape index (κ3) is 1.94. The molecule has 0 spiro atoms. The molecule has 0 unspecified atom stereocenters. The Balaban J connectivity index is 2.49. The summed E-state index contributed by atoms with van der Waals surface area (Å²) in [5.74, 6) is 1.12. The number of hydrogen-bond donors (Lipinski definition) is 1. The van der Waals surface area contributed by atoms with Crippen molar-refractivity contribution in [3.8, 4) is 17.1 Å². The highest BCUT2D eigenvalue weighted by Crippen LogP contribution is 2.28. The smallest absolute Gasteiger partial charge is 0.143 e. The monoisotopic (exact) mass is 216 g/mol. The van der Waals surface area contributed by atoms with E-state index in [4.69, 9.17) is 0 Å². The zero-order valence-electron chi connectivity index (χ0n) is 9.64. The fourth-order valence-electron chi connectivity index (χ4n) is 1.80. The number of phenolic OH excluding ortho intramolecular Hbond substituents is 1. The third-order valence-electron chi connectivity index (χ3n) is 2.57. The first-order valence-corrected chi connectivity index (χ1v) is 5.53. The highest BCUT2D eigenvalue weighted by Gasteiger charge is 2.09. The molecule has 2 rings (SSSR count). The van der Waals surface area contributed by atoms with Crippen LogP contribution in [0.3, 0.4) is 0 Å². The van der Waals surface area contributed by atoms with E-state index in [2.05, 4.69) is 16.5 Å². The van der Waals surface area contributed by atoms with E-state index in [0.29, 0.717) is 0 Å². The van der Waals surface area contributed by atoms with E-state index in [1.54, 1.807) is 12.3 Å². The lowest BCUT2D eigenvalue weighted by atomic mass is 10.1. The predicted octanol–water partition coefficient (Wildman–Crippen LogP) is 2.97. The number of aryl methyl sites for hydroxylation is 2. The zero-order valence-corrected chi connectivity index (χ0v) is 9.64. The first-order valence-electron chi connectivity index (χ1n) is 5.53. The summed E-state index contributed by atoms with van der Waals surface area (Å²) < 4.78 is 2.06. The number of aromatic nitrogens is 2. The van der Waals surface area contributed by atoms with Crippen molar-refractivity contribution in [2.75, 3.05) is 0 Å². The SMILES string of the molecule is CCCn1ccnc1-c1cc(C)ccc1O. The second kappa shape index (κ2) is 4.39. The van der Waals surface area contributed by atoms with E-state index in [1.807, 2.05) is 25.3 Å². The molecule has 0 saturated heterocycles. The van der Waals surface area contributed by atoms with Crippen LogP contribution in [0.1, 0.15) is 18.9 Å². The summed E-state index contributed by atoms with van der Waals surface area (Å²) in [6.45, 7) is 5.05. The van der Waals surface area contributed by atoms with Crippen LogP contribution in [0.5, 0.6) is 5.75 Å². The number of rotatable bonds is 3. The molecule has 1 aromatic carbocycles. The van der Waals surface area contributed by atoms with Crippen LogP contribution in [-0.4, -0.2) is 14.7 Å². The summed E-state index contributed by atoms with van der Waals surface area (Å²) in [6.07, 6.45) is 4.77. The normalized spacial score (nSPS) is 10.6. The lowest BCUT2D eigenvalue weighted by Gasteiger charge is -2.08. The van der Waals surface area contributed by atoms with E-state index < -0.39 is 0 Å². The molecule has 0 radical (unpaired) electrons. The topological polar surface area (TPSA) is 38.0 Å². The number of hydrogen-bond acceptors (Lipinski definition) is 2. The molecule has 0 amide bonds. The molecule has 1 heterocycles. The molecule has 0 atom stereocenters. The lowest BCUT2D eigenvalue weighted by molar-refractivity contribution is 0.476. The maximum Gasteiger partial charge on any atom is 0.143 e. The van der Waals surface area contributed by atoms with Gasteiger partial charge >= 0.3 is 0 Å². The predicted molar refractivity (Wildman–Crippen MR) is 64.4 cm³/mol. The average Bonchev–Trinajstić information content (AvgIpc) is 2.70. The minimum atomic E-state index is 0.286. The largest absolute Gasteiger partial charge is 0.507 e. The van der Waals surface area contributed by atoms with Crippen LogP contribution in [0, 0.1) is 6.92 Å². The van der Waals surface area contributed by atoms with Gasteiger partial charge in [0.05, 0.1) is 5.56 Å². The fraction of sp³-hybridized carbons (Fsp3) is 0.308. The molecular formula is C13H16N2O. The molecule has 16 heavy (non-hydrogen) atoms. The second-order valence-electron chi connectivity index (χ2n) is 3.96. The van der Waals surface area contributed by atoms with Gasteiger partial charge < -0.3 is 9.67 Å². The Morgan fingerprint density at radius 1 is 1.38 bits per heavy atom. The quantitative estimate of drug-likeness (QED) is 0.856. The summed E-state index contributed by atoms with van der Waals surface area (Å²) in [5, 5.41) is 9.85. The Bertz CT molecular complexity index is 488. The van der Waals surface area contributed by atoms with Crippen LogP contribution in [0.2, 0.25) is 0 Å². The van der Waals surface area contributed by atoms with Gasteiger partial charge in [-0.25, -0.2) is 4.98 Å². The average molecular weight is 216 g/mol. The van der Waals surface area contributed by atoms with Crippen LogP contribution in [0.25, 0.3) is 11.4 Å². The van der Waals surface area contributed by atoms with Crippen molar-refractivity contribution in [1.82, 2.24) is 9.55 Å². The van der Waals surface area contributed by atoms with E-state index in [9.17, 15) is 5.11 Å². The maximum atomic E-state index is 9.85. The van der Waals surface area contributed by atoms with Crippen LogP contribution >= 0.6 is 0 Å². The molecule has 0 saturated carbocycles. The van der Waals surface area contributed by atoms with E-state index in [1.165, 1.54) is 0 Å². The molecule has 0 aliphatic heterocycles. The molecule has 0 aliphatic rings. The van der Waals surface area contributed by atoms with Crippen LogP contribution < -0.4 is 0 Å². The van der Waals surface area contributed by atoms with E-state index >= 15 is 0 Å². The van der Waals surface area contributed by atoms with Gasteiger partial charge in [-0.1, -0.05) is 18.6 Å². The van der Waals surface area contributed by atoms with Crippen molar-refractivity contribution in [1.29, 1.82) is 0 Å². The summed E-state index contributed by atoms with van der Waals surface area (Å²) in [5.41, 5.74) is 1.93. The Kier molecular flexibility index (Phi) is 2.95. The van der Waals surface area contributed by atoms with E-state index in [-0.39, 0.29) is 5.75 Å². The molecule has 1 N–H and O–H groups in total. The summed E-state index contributed by atoms with van der Waals surface area (Å²) in [7, 11) is 0. The van der Waals surface area contributed by atoms with Gasteiger partial charge in [0.2, 0.25) is 0 Å². The molecule has 1 aromatic heterocycles. The van der Waals surface area contributed by atoms with Crippen molar-refractivity contribution in [3.63, 3.8) is 0 Å². The Hall–Kier alpha value is -1.77. The first kappa shape index (κ1) is 10.7. The summed E-state index contributed by atoms with van der Waals surface area (Å²) in [4.78, 5) is 4.31. The van der Waals surface area contributed by atoms with Crippen molar-refractivity contribution in [2.24, 2.45) is 0 Å². The number of aromatic hydroxyl groups is 1. The van der Waals surface area contributed by atoms with Gasteiger partial charge in [-0.2, -0.15) is 0 Å². The van der Waals surface area contributed by atoms with Crippen molar-refractivity contribution in [2.45, 2.75) is 26.8 Å². The standard InChI is InChI=1S/C13H16N2O/c1-3-7-15-8-6-14-13(15)11-9-10(2)4-5-12(11)16/h4-6,8-9,16H,3,7H2,1-2H3. The number of phenols is 1. The molecule has 0 fully saturated rings.